The molecule has 20 heavy (non-hydrogen) atoms. The monoisotopic (exact) mass is 278 g/mol. The molecule has 0 radical (unpaired) electrons. The Morgan fingerprint density at radius 3 is 2.85 bits per heavy atom. The van der Waals surface area contributed by atoms with E-state index in [1.54, 1.807) is 12.1 Å². The van der Waals surface area contributed by atoms with Gasteiger partial charge >= 0.3 is 0 Å². The van der Waals surface area contributed by atoms with E-state index in [2.05, 4.69) is 18.7 Å². The van der Waals surface area contributed by atoms with Gasteiger partial charge < -0.3 is 5.73 Å². The fourth-order valence-corrected chi connectivity index (χ4v) is 3.33. The molecular formula is C17H27FN2. The van der Waals surface area contributed by atoms with Gasteiger partial charge in [0.25, 0.3) is 0 Å². The Bertz CT molecular complexity index is 421. The van der Waals surface area contributed by atoms with Crippen molar-refractivity contribution in [2.24, 2.45) is 11.7 Å². The minimum absolute atomic E-state index is 0.0624. The maximum absolute atomic E-state index is 13.5. The topological polar surface area (TPSA) is 29.3 Å². The van der Waals surface area contributed by atoms with Crippen molar-refractivity contribution in [2.75, 3.05) is 13.1 Å². The predicted octanol–water partition coefficient (Wildman–Crippen LogP) is 3.73. The number of benzene rings is 1. The maximum atomic E-state index is 13.5. The van der Waals surface area contributed by atoms with Gasteiger partial charge in [0.05, 0.1) is 0 Å². The molecule has 2 N–H and O–H groups in total. The first-order valence-electron chi connectivity index (χ1n) is 7.90. The summed E-state index contributed by atoms with van der Waals surface area (Å²) in [7, 11) is 0. The zero-order valence-corrected chi connectivity index (χ0v) is 12.7. The van der Waals surface area contributed by atoms with Crippen LogP contribution in [-0.2, 0) is 0 Å². The highest BCUT2D eigenvalue weighted by atomic mass is 19.1. The Balaban J connectivity index is 2.23. The Kier molecular flexibility index (Phi) is 5.55. The second-order valence-electron chi connectivity index (χ2n) is 5.98. The Morgan fingerprint density at radius 2 is 2.20 bits per heavy atom. The van der Waals surface area contributed by atoms with Crippen LogP contribution >= 0.6 is 0 Å². The average Bonchev–Trinajstić information content (AvgIpc) is 2.47. The van der Waals surface area contributed by atoms with E-state index in [1.165, 1.54) is 25.3 Å². The number of hydrogen-bond donors (Lipinski definition) is 1. The molecule has 112 valence electrons. The molecule has 1 aromatic rings. The summed E-state index contributed by atoms with van der Waals surface area (Å²) in [6.45, 7) is 6.53. The van der Waals surface area contributed by atoms with Gasteiger partial charge in [0, 0.05) is 18.6 Å². The first kappa shape index (κ1) is 15.5. The molecule has 0 aromatic heterocycles. The van der Waals surface area contributed by atoms with Crippen LogP contribution in [0.1, 0.15) is 51.1 Å². The van der Waals surface area contributed by atoms with E-state index in [9.17, 15) is 4.39 Å². The van der Waals surface area contributed by atoms with Crippen LogP contribution in [-0.4, -0.2) is 24.0 Å². The van der Waals surface area contributed by atoms with Crippen molar-refractivity contribution in [1.29, 1.82) is 0 Å². The van der Waals surface area contributed by atoms with E-state index in [1.807, 2.05) is 6.07 Å². The quantitative estimate of drug-likeness (QED) is 0.889. The summed E-state index contributed by atoms with van der Waals surface area (Å²) in [5, 5.41) is 0. The smallest absolute Gasteiger partial charge is 0.123 e. The zero-order chi connectivity index (χ0) is 14.5. The second-order valence-corrected chi connectivity index (χ2v) is 5.98. The first-order chi connectivity index (χ1) is 9.65. The molecule has 1 aromatic carbocycles. The van der Waals surface area contributed by atoms with Crippen LogP contribution < -0.4 is 5.73 Å². The van der Waals surface area contributed by atoms with Gasteiger partial charge in [-0.3, -0.25) is 4.90 Å². The third-order valence-corrected chi connectivity index (χ3v) is 4.59. The van der Waals surface area contributed by atoms with Crippen LogP contribution in [0.25, 0.3) is 0 Å². The molecule has 2 nitrogen and oxygen atoms in total. The Hall–Kier alpha value is -0.930. The third kappa shape index (κ3) is 3.58. The fraction of sp³-hybridized carbons (Fsp3) is 0.647. The van der Waals surface area contributed by atoms with Crippen LogP contribution in [0, 0.1) is 11.7 Å². The van der Waals surface area contributed by atoms with E-state index >= 15 is 0 Å². The highest BCUT2D eigenvalue weighted by Crippen LogP contribution is 2.31. The summed E-state index contributed by atoms with van der Waals surface area (Å²) in [6.07, 6.45) is 4.66. The van der Waals surface area contributed by atoms with Gasteiger partial charge in [-0.05, 0) is 49.4 Å². The first-order valence-corrected chi connectivity index (χ1v) is 7.90. The Labute approximate surface area is 122 Å². The number of rotatable bonds is 5. The fourth-order valence-electron chi connectivity index (χ4n) is 3.33. The highest BCUT2D eigenvalue weighted by Gasteiger charge is 2.29. The van der Waals surface area contributed by atoms with Crippen LogP contribution in [0.2, 0.25) is 0 Å². The lowest BCUT2D eigenvalue weighted by atomic mass is 9.90. The number of piperidine rings is 1. The molecule has 3 atom stereocenters. The number of halogens is 1. The lowest BCUT2D eigenvalue weighted by Crippen LogP contribution is -2.45. The van der Waals surface area contributed by atoms with Crippen LogP contribution in [0.15, 0.2) is 24.3 Å². The minimum atomic E-state index is -0.167. The molecule has 0 saturated carbocycles. The van der Waals surface area contributed by atoms with Crippen LogP contribution in [0.4, 0.5) is 4.39 Å². The maximum Gasteiger partial charge on any atom is 0.123 e. The van der Waals surface area contributed by atoms with E-state index in [0.29, 0.717) is 0 Å². The van der Waals surface area contributed by atoms with Gasteiger partial charge in [0.1, 0.15) is 5.82 Å². The molecule has 3 unspecified atom stereocenters. The summed E-state index contributed by atoms with van der Waals surface area (Å²) < 4.78 is 13.5. The molecule has 2 rings (SSSR count). The number of nitrogens with two attached hydrogens (primary N) is 1. The summed E-state index contributed by atoms with van der Waals surface area (Å²) in [5.74, 6) is 0.587. The van der Waals surface area contributed by atoms with Gasteiger partial charge in [0.2, 0.25) is 0 Å². The molecule has 1 aliphatic rings. The molecule has 0 amide bonds. The van der Waals surface area contributed by atoms with Gasteiger partial charge in [-0.15, -0.1) is 0 Å². The molecule has 1 heterocycles. The van der Waals surface area contributed by atoms with Crippen molar-refractivity contribution >= 4 is 0 Å². The molecule has 1 fully saturated rings. The molecular weight excluding hydrogens is 251 g/mol. The number of nitrogens with zero attached hydrogens (tertiary/aromatic N) is 1. The van der Waals surface area contributed by atoms with Crippen molar-refractivity contribution in [2.45, 2.75) is 51.6 Å². The number of hydrogen-bond acceptors (Lipinski definition) is 2. The van der Waals surface area contributed by atoms with Crippen LogP contribution in [0.3, 0.4) is 0 Å². The summed E-state index contributed by atoms with van der Waals surface area (Å²) in [5.41, 5.74) is 7.38. The van der Waals surface area contributed by atoms with Crippen molar-refractivity contribution in [1.82, 2.24) is 4.90 Å². The largest absolute Gasteiger partial charge is 0.326 e. The lowest BCUT2D eigenvalue weighted by Gasteiger charge is -2.40. The standard InChI is InChI=1S/C17H27FN2/c1-3-13-7-6-10-20(12-13)17(16(19)4-2)14-8-5-9-15(18)11-14/h5,8-9,11,13,16-17H,3-4,6-7,10,12,19H2,1-2H3. The lowest BCUT2D eigenvalue weighted by molar-refractivity contribution is 0.104. The number of likely N-dealkylation sites (tertiary alicyclic amines) is 1. The average molecular weight is 278 g/mol. The van der Waals surface area contributed by atoms with E-state index < -0.39 is 0 Å². The molecule has 0 bridgehead atoms. The van der Waals surface area contributed by atoms with E-state index in [0.717, 1.165) is 31.0 Å². The second kappa shape index (κ2) is 7.19. The van der Waals surface area contributed by atoms with Crippen LogP contribution in [0.5, 0.6) is 0 Å². The highest BCUT2D eigenvalue weighted by molar-refractivity contribution is 5.22. The minimum Gasteiger partial charge on any atom is -0.326 e. The summed E-state index contributed by atoms with van der Waals surface area (Å²) >= 11 is 0. The molecule has 3 heteroatoms. The van der Waals surface area contributed by atoms with Crippen molar-refractivity contribution in [3.63, 3.8) is 0 Å². The zero-order valence-electron chi connectivity index (χ0n) is 12.7. The van der Waals surface area contributed by atoms with Crippen molar-refractivity contribution in [3.05, 3.63) is 35.6 Å². The predicted molar refractivity (Wildman–Crippen MR) is 82.0 cm³/mol. The molecule has 1 saturated heterocycles. The van der Waals surface area contributed by atoms with Crippen molar-refractivity contribution in [3.8, 4) is 0 Å². The molecule has 1 aliphatic heterocycles. The molecule has 0 spiro atoms. The third-order valence-electron chi connectivity index (χ3n) is 4.59. The SMILES string of the molecule is CCC1CCCN(C(c2cccc(F)c2)C(N)CC)C1. The van der Waals surface area contributed by atoms with Crippen molar-refractivity contribution < 1.29 is 4.39 Å². The van der Waals surface area contributed by atoms with Gasteiger partial charge in [-0.1, -0.05) is 32.4 Å². The normalized spacial score (nSPS) is 23.5. The van der Waals surface area contributed by atoms with Gasteiger partial charge in [-0.2, -0.15) is 0 Å². The Morgan fingerprint density at radius 1 is 1.40 bits per heavy atom. The van der Waals surface area contributed by atoms with E-state index in [4.69, 9.17) is 5.73 Å². The van der Waals surface area contributed by atoms with E-state index in [-0.39, 0.29) is 17.9 Å². The molecule has 0 aliphatic carbocycles. The summed E-state index contributed by atoms with van der Waals surface area (Å²) in [4.78, 5) is 2.47. The van der Waals surface area contributed by atoms with Gasteiger partial charge in [-0.25, -0.2) is 4.39 Å². The summed E-state index contributed by atoms with van der Waals surface area (Å²) in [6, 6.07) is 7.16. The van der Waals surface area contributed by atoms with Gasteiger partial charge in [0.15, 0.2) is 0 Å².